The van der Waals surface area contributed by atoms with Crippen LogP contribution in [-0.2, 0) is 15.8 Å². The van der Waals surface area contributed by atoms with Crippen molar-refractivity contribution in [1.82, 2.24) is 15.3 Å². The van der Waals surface area contributed by atoms with Gasteiger partial charge >= 0.3 is 6.18 Å². The lowest BCUT2D eigenvalue weighted by Gasteiger charge is -2.31. The summed E-state index contributed by atoms with van der Waals surface area (Å²) in [7, 11) is 0. The molecule has 1 fully saturated rings. The van der Waals surface area contributed by atoms with E-state index >= 15 is 0 Å². The number of ether oxygens (including phenoxy) is 2. The van der Waals surface area contributed by atoms with Crippen molar-refractivity contribution in [3.8, 4) is 28.8 Å². The second-order valence-electron chi connectivity index (χ2n) is 11.3. The summed E-state index contributed by atoms with van der Waals surface area (Å²) in [5.74, 6) is -1.41. The van der Waals surface area contributed by atoms with Crippen molar-refractivity contribution in [3.63, 3.8) is 0 Å². The third kappa shape index (κ3) is 5.27. The number of nitrogens with one attached hydrogen (secondary N) is 1. The SMILES string of the molecule is C[C@]1(C(N)=O)COc2c1cc([C@@](O)(CNC(=O)c1cc(OC3CC3)c3ncccc3c1)C(F)(F)F)nc2-c1ccc(C#N)cc1. The molecule has 6 rings (SSSR count). The fourth-order valence-electron chi connectivity index (χ4n) is 5.09. The van der Waals surface area contributed by atoms with Crippen LogP contribution >= 0.6 is 0 Å². The summed E-state index contributed by atoms with van der Waals surface area (Å²) in [5.41, 5.74) is 0.472. The average molecular weight is 618 g/mol. The molecule has 45 heavy (non-hydrogen) atoms. The molecule has 2 aliphatic rings. The van der Waals surface area contributed by atoms with Crippen LogP contribution in [0.3, 0.4) is 0 Å². The standard InChI is InChI=1S/C32H26F3N5O5/c1-30(29(37)42)16-44-27-22(30)13-24(40-26(27)18-6-4-17(14-36)5-7-18)31(43,32(33,34)35)15-39-28(41)20-11-19-3-2-10-38-25(19)23(12-20)45-21-8-9-21/h2-7,10-13,21,43H,8-9,15-16H2,1H3,(H2,37,42)(H,39,41)/t30-,31-/m0/s1. The van der Waals surface area contributed by atoms with E-state index in [-0.39, 0.29) is 40.8 Å². The van der Waals surface area contributed by atoms with E-state index in [1.165, 1.54) is 43.3 Å². The molecule has 0 unspecified atom stereocenters. The zero-order valence-electron chi connectivity index (χ0n) is 23.8. The number of primary amides is 1. The molecular formula is C32H26F3N5O5. The fraction of sp³-hybridized carbons (Fsp3) is 0.281. The molecule has 2 aromatic heterocycles. The van der Waals surface area contributed by atoms with E-state index in [1.54, 1.807) is 18.3 Å². The first-order valence-corrected chi connectivity index (χ1v) is 14.0. The van der Waals surface area contributed by atoms with Crippen molar-refractivity contribution in [2.75, 3.05) is 13.2 Å². The van der Waals surface area contributed by atoms with Gasteiger partial charge in [0.1, 0.15) is 34.7 Å². The number of fused-ring (bicyclic) bond motifs is 2. The molecule has 13 heteroatoms. The molecule has 3 heterocycles. The van der Waals surface area contributed by atoms with Gasteiger partial charge in [-0.05, 0) is 56.2 Å². The Hall–Kier alpha value is -5.22. The third-order valence-corrected chi connectivity index (χ3v) is 8.05. The Bertz CT molecular complexity index is 1890. The Morgan fingerprint density at radius 3 is 2.58 bits per heavy atom. The summed E-state index contributed by atoms with van der Waals surface area (Å²) in [6.07, 6.45) is -2.13. The minimum atomic E-state index is -5.33. The van der Waals surface area contributed by atoms with Gasteiger partial charge in [-0.3, -0.25) is 14.6 Å². The molecule has 10 nitrogen and oxygen atoms in total. The smallest absolute Gasteiger partial charge is 0.424 e. The van der Waals surface area contributed by atoms with Gasteiger partial charge in [-0.1, -0.05) is 18.2 Å². The van der Waals surface area contributed by atoms with Crippen LogP contribution in [0.5, 0.6) is 11.5 Å². The van der Waals surface area contributed by atoms with Crippen molar-refractivity contribution in [1.29, 1.82) is 5.26 Å². The maximum absolute atomic E-state index is 14.8. The lowest BCUT2D eigenvalue weighted by atomic mass is 9.81. The zero-order valence-corrected chi connectivity index (χ0v) is 23.8. The lowest BCUT2D eigenvalue weighted by Crippen LogP contribution is -2.51. The Morgan fingerprint density at radius 1 is 1.20 bits per heavy atom. The topological polar surface area (TPSA) is 160 Å². The van der Waals surface area contributed by atoms with Gasteiger partial charge in [0.05, 0.1) is 30.0 Å². The second-order valence-corrected chi connectivity index (χ2v) is 11.3. The first kappa shape index (κ1) is 29.8. The van der Waals surface area contributed by atoms with Gasteiger partial charge in [-0.25, -0.2) is 4.98 Å². The second kappa shape index (κ2) is 10.7. The van der Waals surface area contributed by atoms with Gasteiger partial charge in [0.25, 0.3) is 5.91 Å². The number of carbonyl (C=O) groups is 2. The quantitative estimate of drug-likeness (QED) is 0.267. The minimum absolute atomic E-state index is 0.00254. The maximum Gasteiger partial charge on any atom is 0.424 e. The zero-order chi connectivity index (χ0) is 32.1. The van der Waals surface area contributed by atoms with Gasteiger partial charge in [-0.15, -0.1) is 0 Å². The number of carbonyl (C=O) groups excluding carboxylic acids is 2. The number of rotatable bonds is 8. The molecular weight excluding hydrogens is 591 g/mol. The number of nitriles is 1. The molecule has 1 saturated carbocycles. The van der Waals surface area contributed by atoms with Crippen molar-refractivity contribution < 1.29 is 37.3 Å². The Morgan fingerprint density at radius 2 is 1.93 bits per heavy atom. The highest BCUT2D eigenvalue weighted by Gasteiger charge is 2.57. The number of alkyl halides is 3. The summed E-state index contributed by atoms with van der Waals surface area (Å²) in [5, 5.41) is 23.3. The predicted octanol–water partition coefficient (Wildman–Crippen LogP) is 4.02. The number of aromatic nitrogens is 2. The average Bonchev–Trinajstić information content (AvgIpc) is 3.78. The van der Waals surface area contributed by atoms with Crippen LogP contribution in [0.2, 0.25) is 0 Å². The third-order valence-electron chi connectivity index (χ3n) is 8.05. The first-order chi connectivity index (χ1) is 21.3. The van der Waals surface area contributed by atoms with E-state index in [2.05, 4.69) is 15.3 Å². The monoisotopic (exact) mass is 617 g/mol. The molecule has 230 valence electrons. The van der Waals surface area contributed by atoms with E-state index in [1.807, 2.05) is 6.07 Å². The highest BCUT2D eigenvalue weighted by Crippen LogP contribution is 2.47. The maximum atomic E-state index is 14.8. The van der Waals surface area contributed by atoms with Crippen LogP contribution in [0.25, 0.3) is 22.2 Å². The van der Waals surface area contributed by atoms with Crippen molar-refractivity contribution in [2.24, 2.45) is 5.73 Å². The number of pyridine rings is 2. The van der Waals surface area contributed by atoms with Crippen LogP contribution in [-0.4, -0.2) is 52.3 Å². The Balaban J connectivity index is 1.40. The van der Waals surface area contributed by atoms with Gasteiger partial charge in [0.2, 0.25) is 11.5 Å². The highest BCUT2D eigenvalue weighted by atomic mass is 19.4. The minimum Gasteiger partial charge on any atom is -0.489 e. The molecule has 0 radical (unpaired) electrons. The molecule has 1 aliphatic carbocycles. The summed E-state index contributed by atoms with van der Waals surface area (Å²) < 4.78 is 55.9. The van der Waals surface area contributed by atoms with E-state index in [4.69, 9.17) is 15.2 Å². The summed E-state index contributed by atoms with van der Waals surface area (Å²) in [6.45, 7) is -0.168. The Labute approximate surface area is 254 Å². The predicted molar refractivity (Wildman–Crippen MR) is 154 cm³/mol. The van der Waals surface area contributed by atoms with Crippen LogP contribution in [0.4, 0.5) is 13.2 Å². The van der Waals surface area contributed by atoms with Gasteiger partial charge in [-0.2, -0.15) is 18.4 Å². The van der Waals surface area contributed by atoms with Crippen molar-refractivity contribution >= 4 is 22.7 Å². The van der Waals surface area contributed by atoms with Gasteiger partial charge < -0.3 is 25.6 Å². The molecule has 4 N–H and O–H groups in total. The summed E-state index contributed by atoms with van der Waals surface area (Å²) in [6, 6.07) is 14.9. The number of halogens is 3. The lowest BCUT2D eigenvalue weighted by molar-refractivity contribution is -0.265. The number of hydrogen-bond acceptors (Lipinski definition) is 8. The van der Waals surface area contributed by atoms with Crippen LogP contribution < -0.4 is 20.5 Å². The number of hydrogen-bond donors (Lipinski definition) is 3. The fourth-order valence-corrected chi connectivity index (χ4v) is 5.09. The first-order valence-electron chi connectivity index (χ1n) is 14.0. The van der Waals surface area contributed by atoms with E-state index in [9.17, 15) is 33.1 Å². The van der Waals surface area contributed by atoms with E-state index in [0.717, 1.165) is 18.9 Å². The Kier molecular flexibility index (Phi) is 7.12. The number of nitrogens with two attached hydrogens (primary N) is 1. The van der Waals surface area contributed by atoms with Gasteiger partial charge in [0, 0.05) is 28.3 Å². The van der Waals surface area contributed by atoms with Crippen molar-refractivity contribution in [2.45, 2.75) is 43.1 Å². The van der Waals surface area contributed by atoms with Crippen LogP contribution in [0, 0.1) is 11.3 Å². The summed E-state index contributed by atoms with van der Waals surface area (Å²) in [4.78, 5) is 34.2. The molecule has 2 amide bonds. The highest BCUT2D eigenvalue weighted by molar-refractivity contribution is 6.00. The number of benzene rings is 2. The molecule has 2 aromatic carbocycles. The molecule has 4 aromatic rings. The summed E-state index contributed by atoms with van der Waals surface area (Å²) >= 11 is 0. The van der Waals surface area contributed by atoms with Crippen LogP contribution in [0.1, 0.15) is 46.9 Å². The van der Waals surface area contributed by atoms with E-state index < -0.39 is 41.2 Å². The molecule has 0 saturated heterocycles. The number of aliphatic hydroxyl groups is 1. The van der Waals surface area contributed by atoms with Gasteiger partial charge in [0.15, 0.2) is 0 Å². The molecule has 2 atom stereocenters. The molecule has 0 spiro atoms. The molecule has 1 aliphatic heterocycles. The van der Waals surface area contributed by atoms with E-state index in [0.29, 0.717) is 22.2 Å². The molecule has 0 bridgehead atoms. The number of amides is 2. The largest absolute Gasteiger partial charge is 0.489 e. The number of nitrogens with zero attached hydrogens (tertiary/aromatic N) is 3. The van der Waals surface area contributed by atoms with Crippen molar-refractivity contribution in [3.05, 3.63) is 83.2 Å². The van der Waals surface area contributed by atoms with Crippen LogP contribution in [0.15, 0.2) is 60.8 Å². The normalized spacial score (nSPS) is 18.8.